The maximum absolute atomic E-state index is 13.4. The zero-order valence-electron chi connectivity index (χ0n) is 15.3. The minimum absolute atomic E-state index is 0.137. The Balaban J connectivity index is 1.77. The van der Waals surface area contributed by atoms with E-state index in [2.05, 4.69) is 9.97 Å². The summed E-state index contributed by atoms with van der Waals surface area (Å²) >= 11 is 2.91. The van der Waals surface area contributed by atoms with E-state index >= 15 is 0 Å². The molecule has 0 saturated heterocycles. The normalized spacial score (nSPS) is 11.2. The molecule has 8 heteroatoms. The molecule has 0 atom stereocenters. The van der Waals surface area contributed by atoms with E-state index < -0.39 is 0 Å². The molecule has 3 aromatic heterocycles. The molecule has 6 nitrogen and oxygen atoms in total. The van der Waals surface area contributed by atoms with Crippen LogP contribution in [0.4, 0.5) is 0 Å². The van der Waals surface area contributed by atoms with Gasteiger partial charge in [0, 0.05) is 11.5 Å². The van der Waals surface area contributed by atoms with Crippen LogP contribution in [0, 0.1) is 0 Å². The molecule has 0 saturated carbocycles. The maximum atomic E-state index is 13.4. The fourth-order valence-corrected chi connectivity index (χ4v) is 4.86. The molecule has 29 heavy (non-hydrogen) atoms. The van der Waals surface area contributed by atoms with E-state index in [9.17, 15) is 4.79 Å². The lowest BCUT2D eigenvalue weighted by atomic mass is 10.2. The fraction of sp³-hybridized carbons (Fsp3) is 0.0476. The molecule has 0 aliphatic heterocycles. The number of fused-ring (bicyclic) bond motifs is 2. The second-order valence-electron chi connectivity index (χ2n) is 6.17. The summed E-state index contributed by atoms with van der Waals surface area (Å²) in [4.78, 5) is 27.8. The third-order valence-corrected chi connectivity index (χ3v) is 6.27. The Kier molecular flexibility index (Phi) is 4.49. The smallest absolute Gasteiger partial charge is 0.266 e. The van der Waals surface area contributed by atoms with E-state index in [-0.39, 0.29) is 5.56 Å². The molecule has 0 N–H and O–H groups in total. The lowest BCUT2D eigenvalue weighted by molar-refractivity contribution is 0.414. The molecule has 0 aliphatic carbocycles. The standard InChI is InChI=1S/C21H14N4O2S2/c1-27-14-6-4-5-13(11-14)25-20(26)15-7-2-3-8-17(15)24-21(25)29-19-16-9-10-28-18(16)22-12-23-19/h2-12H,1H3. The predicted octanol–water partition coefficient (Wildman–Crippen LogP) is 4.55. The van der Waals surface area contributed by atoms with Gasteiger partial charge in [0.05, 0.1) is 23.7 Å². The van der Waals surface area contributed by atoms with E-state index in [1.807, 2.05) is 53.9 Å². The molecule has 142 valence electrons. The highest BCUT2D eigenvalue weighted by molar-refractivity contribution is 7.99. The van der Waals surface area contributed by atoms with Gasteiger partial charge in [-0.2, -0.15) is 0 Å². The van der Waals surface area contributed by atoms with Crippen LogP contribution in [0.25, 0.3) is 26.8 Å². The largest absolute Gasteiger partial charge is 0.497 e. The number of ether oxygens (including phenoxy) is 1. The number of hydrogen-bond donors (Lipinski definition) is 0. The zero-order valence-corrected chi connectivity index (χ0v) is 16.9. The van der Waals surface area contributed by atoms with Gasteiger partial charge in [0.1, 0.15) is 21.9 Å². The summed E-state index contributed by atoms with van der Waals surface area (Å²) in [5.74, 6) is 0.667. The van der Waals surface area contributed by atoms with Crippen molar-refractivity contribution in [2.24, 2.45) is 0 Å². The van der Waals surface area contributed by atoms with Gasteiger partial charge in [0.25, 0.3) is 5.56 Å². The SMILES string of the molecule is COc1cccc(-n2c(Sc3ncnc4sccc34)nc3ccccc3c2=O)c1. The lowest BCUT2D eigenvalue weighted by Gasteiger charge is -2.14. The van der Waals surface area contributed by atoms with Crippen LogP contribution in [-0.2, 0) is 0 Å². The first-order valence-electron chi connectivity index (χ1n) is 8.77. The van der Waals surface area contributed by atoms with Crippen molar-refractivity contribution in [2.75, 3.05) is 7.11 Å². The highest BCUT2D eigenvalue weighted by Gasteiger charge is 2.16. The van der Waals surface area contributed by atoms with Crippen LogP contribution in [-0.4, -0.2) is 26.6 Å². The maximum Gasteiger partial charge on any atom is 0.266 e. The minimum Gasteiger partial charge on any atom is -0.497 e. The second kappa shape index (κ2) is 7.31. The van der Waals surface area contributed by atoms with Crippen molar-refractivity contribution < 1.29 is 4.74 Å². The molecule has 5 aromatic rings. The van der Waals surface area contributed by atoms with Gasteiger partial charge in [-0.15, -0.1) is 11.3 Å². The molecule has 0 bridgehead atoms. The van der Waals surface area contributed by atoms with Gasteiger partial charge < -0.3 is 4.74 Å². The van der Waals surface area contributed by atoms with Crippen LogP contribution in [0.15, 0.2) is 81.3 Å². The van der Waals surface area contributed by atoms with E-state index in [1.54, 1.807) is 29.1 Å². The third kappa shape index (κ3) is 3.16. The van der Waals surface area contributed by atoms with Crippen molar-refractivity contribution >= 4 is 44.2 Å². The van der Waals surface area contributed by atoms with Gasteiger partial charge in [-0.05, 0) is 47.5 Å². The van der Waals surface area contributed by atoms with E-state index in [1.165, 1.54) is 18.1 Å². The number of nitrogens with zero attached hydrogens (tertiary/aromatic N) is 4. The van der Waals surface area contributed by atoms with Crippen LogP contribution < -0.4 is 10.3 Å². The Hall–Kier alpha value is -3.23. The summed E-state index contributed by atoms with van der Waals surface area (Å²) < 4.78 is 6.95. The number of hydrogen-bond acceptors (Lipinski definition) is 7. The Bertz CT molecular complexity index is 1410. The van der Waals surface area contributed by atoms with Gasteiger partial charge in [-0.25, -0.2) is 15.0 Å². The highest BCUT2D eigenvalue weighted by atomic mass is 32.2. The summed E-state index contributed by atoms with van der Waals surface area (Å²) in [6, 6.07) is 16.7. The molecule has 3 heterocycles. The first-order chi connectivity index (χ1) is 14.2. The molecule has 0 fully saturated rings. The second-order valence-corrected chi connectivity index (χ2v) is 8.02. The van der Waals surface area contributed by atoms with Crippen molar-refractivity contribution in [1.29, 1.82) is 0 Å². The molecule has 0 spiro atoms. The zero-order chi connectivity index (χ0) is 19.8. The molecule has 0 aliphatic rings. The first-order valence-corrected chi connectivity index (χ1v) is 10.5. The van der Waals surface area contributed by atoms with Gasteiger partial charge in [0.2, 0.25) is 0 Å². The summed E-state index contributed by atoms with van der Waals surface area (Å²) in [6.07, 6.45) is 1.54. The van der Waals surface area contributed by atoms with Crippen LogP contribution in [0.2, 0.25) is 0 Å². The predicted molar refractivity (Wildman–Crippen MR) is 115 cm³/mol. The number of aromatic nitrogens is 4. The number of para-hydroxylation sites is 1. The number of rotatable bonds is 4. The average Bonchev–Trinajstić information content (AvgIpc) is 3.24. The molecular weight excluding hydrogens is 404 g/mol. The quantitative estimate of drug-likeness (QED) is 0.315. The van der Waals surface area contributed by atoms with Crippen molar-refractivity contribution in [3.63, 3.8) is 0 Å². The Morgan fingerprint density at radius 3 is 2.83 bits per heavy atom. The number of thiophene rings is 1. The van der Waals surface area contributed by atoms with E-state index in [0.717, 1.165) is 15.2 Å². The molecule has 2 aromatic carbocycles. The molecular formula is C21H14N4O2S2. The van der Waals surface area contributed by atoms with Gasteiger partial charge in [0.15, 0.2) is 5.16 Å². The Morgan fingerprint density at radius 1 is 1.03 bits per heavy atom. The summed E-state index contributed by atoms with van der Waals surface area (Å²) in [7, 11) is 1.60. The Morgan fingerprint density at radius 2 is 1.93 bits per heavy atom. The molecule has 5 rings (SSSR count). The molecule has 0 amide bonds. The van der Waals surface area contributed by atoms with Gasteiger partial charge in [-0.3, -0.25) is 9.36 Å². The molecule has 0 radical (unpaired) electrons. The van der Waals surface area contributed by atoms with Crippen molar-refractivity contribution in [3.05, 3.63) is 76.7 Å². The summed E-state index contributed by atoms with van der Waals surface area (Å²) in [6.45, 7) is 0. The van der Waals surface area contributed by atoms with Crippen LogP contribution in [0.1, 0.15) is 0 Å². The van der Waals surface area contributed by atoms with Crippen LogP contribution in [0.5, 0.6) is 5.75 Å². The summed E-state index contributed by atoms with van der Waals surface area (Å²) in [5.41, 5.74) is 1.20. The topological polar surface area (TPSA) is 69.9 Å². The average molecular weight is 419 g/mol. The molecule has 0 unspecified atom stereocenters. The fourth-order valence-electron chi connectivity index (χ4n) is 3.09. The Labute approximate surface area is 173 Å². The van der Waals surface area contributed by atoms with Crippen molar-refractivity contribution in [3.8, 4) is 11.4 Å². The van der Waals surface area contributed by atoms with Crippen LogP contribution >= 0.6 is 23.1 Å². The minimum atomic E-state index is -0.137. The monoisotopic (exact) mass is 418 g/mol. The van der Waals surface area contributed by atoms with E-state index in [0.29, 0.717) is 27.5 Å². The number of methoxy groups -OCH3 is 1. The van der Waals surface area contributed by atoms with E-state index in [4.69, 9.17) is 9.72 Å². The van der Waals surface area contributed by atoms with Gasteiger partial charge >= 0.3 is 0 Å². The third-order valence-electron chi connectivity index (χ3n) is 4.47. The lowest BCUT2D eigenvalue weighted by Crippen LogP contribution is -2.21. The number of benzene rings is 2. The van der Waals surface area contributed by atoms with Crippen molar-refractivity contribution in [1.82, 2.24) is 19.5 Å². The summed E-state index contributed by atoms with van der Waals surface area (Å²) in [5, 5.41) is 4.78. The van der Waals surface area contributed by atoms with Crippen LogP contribution in [0.3, 0.4) is 0 Å². The first kappa shape index (κ1) is 17.8. The van der Waals surface area contributed by atoms with Crippen molar-refractivity contribution in [2.45, 2.75) is 10.2 Å². The highest BCUT2D eigenvalue weighted by Crippen LogP contribution is 2.33. The van der Waals surface area contributed by atoms with Gasteiger partial charge in [-0.1, -0.05) is 18.2 Å².